The molecular weight excluding hydrogens is 342 g/mol. The monoisotopic (exact) mass is 351 g/mol. The molecule has 0 unspecified atom stereocenters. The number of ether oxygens (including phenoxy) is 2. The standard InChI is InChI=1S/C10H11Br2NO3/c1-13-9(14)5-16-10-7(12)3-6(11)4-8(10)15-2/h3-4H,5H2,1-2H3,(H,13,14). The molecule has 16 heavy (non-hydrogen) atoms. The molecule has 6 heteroatoms. The average molecular weight is 353 g/mol. The number of likely N-dealkylation sites (N-methyl/N-ethyl adjacent to an activating group) is 1. The molecule has 0 spiro atoms. The Morgan fingerprint density at radius 3 is 2.69 bits per heavy atom. The number of benzene rings is 1. The number of methoxy groups -OCH3 is 1. The lowest BCUT2D eigenvalue weighted by atomic mass is 10.3. The maximum atomic E-state index is 11.1. The third-order valence-electron chi connectivity index (χ3n) is 1.82. The Kier molecular flexibility index (Phi) is 5.08. The van der Waals surface area contributed by atoms with Crippen molar-refractivity contribution in [2.45, 2.75) is 0 Å². The van der Waals surface area contributed by atoms with E-state index in [0.29, 0.717) is 11.5 Å². The van der Waals surface area contributed by atoms with Crippen molar-refractivity contribution in [1.82, 2.24) is 5.32 Å². The van der Waals surface area contributed by atoms with Gasteiger partial charge in [-0.05, 0) is 28.1 Å². The number of amides is 1. The summed E-state index contributed by atoms with van der Waals surface area (Å²) >= 11 is 6.68. The molecule has 4 nitrogen and oxygen atoms in total. The van der Waals surface area contributed by atoms with Gasteiger partial charge >= 0.3 is 0 Å². The largest absolute Gasteiger partial charge is 0.493 e. The fourth-order valence-electron chi connectivity index (χ4n) is 1.04. The molecule has 1 rings (SSSR count). The minimum Gasteiger partial charge on any atom is -0.493 e. The van der Waals surface area contributed by atoms with Crippen LogP contribution in [0.4, 0.5) is 0 Å². The molecule has 1 N–H and O–H groups in total. The van der Waals surface area contributed by atoms with E-state index in [2.05, 4.69) is 37.2 Å². The van der Waals surface area contributed by atoms with E-state index in [4.69, 9.17) is 9.47 Å². The van der Waals surface area contributed by atoms with Crippen molar-refractivity contribution in [3.8, 4) is 11.5 Å². The van der Waals surface area contributed by atoms with Gasteiger partial charge in [0.1, 0.15) is 0 Å². The Bertz CT molecular complexity index is 396. The average Bonchev–Trinajstić information content (AvgIpc) is 2.26. The zero-order chi connectivity index (χ0) is 12.1. The van der Waals surface area contributed by atoms with Crippen LogP contribution in [-0.4, -0.2) is 26.7 Å². The Balaban J connectivity index is 2.89. The van der Waals surface area contributed by atoms with Gasteiger partial charge < -0.3 is 14.8 Å². The third-order valence-corrected chi connectivity index (χ3v) is 2.87. The van der Waals surface area contributed by atoms with Gasteiger partial charge in [0.15, 0.2) is 18.1 Å². The summed E-state index contributed by atoms with van der Waals surface area (Å²) in [6.45, 7) is -0.0485. The number of hydrogen-bond donors (Lipinski definition) is 1. The molecule has 0 aliphatic heterocycles. The van der Waals surface area contributed by atoms with Crippen LogP contribution in [0.25, 0.3) is 0 Å². The predicted molar refractivity (Wildman–Crippen MR) is 68.0 cm³/mol. The van der Waals surface area contributed by atoms with Crippen LogP contribution >= 0.6 is 31.9 Å². The van der Waals surface area contributed by atoms with Gasteiger partial charge in [-0.2, -0.15) is 0 Å². The van der Waals surface area contributed by atoms with E-state index >= 15 is 0 Å². The van der Waals surface area contributed by atoms with Crippen molar-refractivity contribution >= 4 is 37.8 Å². The van der Waals surface area contributed by atoms with Gasteiger partial charge in [-0.15, -0.1) is 0 Å². The van der Waals surface area contributed by atoms with Gasteiger partial charge in [-0.25, -0.2) is 0 Å². The first kappa shape index (κ1) is 13.3. The van der Waals surface area contributed by atoms with Gasteiger partial charge in [0, 0.05) is 11.5 Å². The minimum absolute atomic E-state index is 0.0485. The lowest BCUT2D eigenvalue weighted by Crippen LogP contribution is -2.25. The van der Waals surface area contributed by atoms with Gasteiger partial charge in [-0.1, -0.05) is 15.9 Å². The molecule has 1 aromatic rings. The normalized spacial score (nSPS) is 9.75. The third kappa shape index (κ3) is 3.38. The number of nitrogens with one attached hydrogen (secondary N) is 1. The fraction of sp³-hybridized carbons (Fsp3) is 0.300. The Morgan fingerprint density at radius 1 is 1.44 bits per heavy atom. The first-order chi connectivity index (χ1) is 7.58. The lowest BCUT2D eigenvalue weighted by molar-refractivity contribution is -0.122. The molecule has 0 saturated carbocycles. The summed E-state index contributed by atoms with van der Waals surface area (Å²) in [5.74, 6) is 0.872. The highest BCUT2D eigenvalue weighted by Gasteiger charge is 2.12. The smallest absolute Gasteiger partial charge is 0.257 e. The maximum absolute atomic E-state index is 11.1. The van der Waals surface area contributed by atoms with Crippen LogP contribution in [0.3, 0.4) is 0 Å². The molecule has 0 radical (unpaired) electrons. The number of halogens is 2. The number of hydrogen-bond acceptors (Lipinski definition) is 3. The van der Waals surface area contributed by atoms with Crippen LogP contribution in [0.2, 0.25) is 0 Å². The first-order valence-corrected chi connectivity index (χ1v) is 6.03. The number of carbonyl (C=O) groups is 1. The van der Waals surface area contributed by atoms with Crippen molar-refractivity contribution in [3.05, 3.63) is 21.1 Å². The molecule has 0 aliphatic rings. The second-order valence-electron chi connectivity index (χ2n) is 2.88. The Morgan fingerprint density at radius 2 is 2.12 bits per heavy atom. The Labute approximate surface area is 111 Å². The van der Waals surface area contributed by atoms with Crippen molar-refractivity contribution in [3.63, 3.8) is 0 Å². The summed E-state index contributed by atoms with van der Waals surface area (Å²) in [6.07, 6.45) is 0. The van der Waals surface area contributed by atoms with Gasteiger partial charge in [0.05, 0.1) is 11.6 Å². The molecule has 0 aliphatic carbocycles. The van der Waals surface area contributed by atoms with Crippen LogP contribution in [0.1, 0.15) is 0 Å². The molecule has 1 aromatic carbocycles. The van der Waals surface area contributed by atoms with Crippen LogP contribution in [0.15, 0.2) is 21.1 Å². The summed E-state index contributed by atoms with van der Waals surface area (Å²) in [5, 5.41) is 2.47. The highest BCUT2D eigenvalue weighted by molar-refractivity contribution is 9.11. The molecule has 1 amide bonds. The van der Waals surface area contributed by atoms with E-state index < -0.39 is 0 Å². The van der Waals surface area contributed by atoms with Crippen molar-refractivity contribution in [1.29, 1.82) is 0 Å². The van der Waals surface area contributed by atoms with Crippen molar-refractivity contribution in [2.75, 3.05) is 20.8 Å². The topological polar surface area (TPSA) is 47.6 Å². The second-order valence-corrected chi connectivity index (χ2v) is 4.65. The summed E-state index contributed by atoms with van der Waals surface area (Å²) in [6, 6.07) is 3.59. The first-order valence-electron chi connectivity index (χ1n) is 4.45. The van der Waals surface area contributed by atoms with Crippen molar-refractivity contribution in [2.24, 2.45) is 0 Å². The van der Waals surface area contributed by atoms with Crippen molar-refractivity contribution < 1.29 is 14.3 Å². The fourth-order valence-corrected chi connectivity index (χ4v) is 2.34. The molecule has 0 aromatic heterocycles. The van der Waals surface area contributed by atoms with Gasteiger partial charge in [0.2, 0.25) is 0 Å². The Hall–Kier alpha value is -0.750. The highest BCUT2D eigenvalue weighted by Crippen LogP contribution is 2.38. The molecule has 88 valence electrons. The quantitative estimate of drug-likeness (QED) is 0.904. The maximum Gasteiger partial charge on any atom is 0.257 e. The van der Waals surface area contributed by atoms with E-state index in [1.54, 1.807) is 20.2 Å². The van der Waals surface area contributed by atoms with E-state index in [9.17, 15) is 4.79 Å². The lowest BCUT2D eigenvalue weighted by Gasteiger charge is -2.12. The second kappa shape index (κ2) is 6.10. The zero-order valence-corrected chi connectivity index (χ0v) is 12.0. The molecular formula is C10H11Br2NO3. The number of carbonyl (C=O) groups excluding carboxylic acids is 1. The SMILES string of the molecule is CNC(=O)COc1c(Br)cc(Br)cc1OC. The molecule has 0 atom stereocenters. The summed E-state index contributed by atoms with van der Waals surface area (Å²) in [4.78, 5) is 11.1. The van der Waals surface area contributed by atoms with E-state index in [-0.39, 0.29) is 12.5 Å². The summed E-state index contributed by atoms with van der Waals surface area (Å²) in [5.41, 5.74) is 0. The van der Waals surface area contributed by atoms with E-state index in [1.807, 2.05) is 6.07 Å². The van der Waals surface area contributed by atoms with E-state index in [0.717, 1.165) is 8.95 Å². The van der Waals surface area contributed by atoms with Gasteiger partial charge in [-0.3, -0.25) is 4.79 Å². The summed E-state index contributed by atoms with van der Waals surface area (Å²) in [7, 11) is 3.10. The predicted octanol–water partition coefficient (Wildman–Crippen LogP) is 2.34. The molecule has 0 saturated heterocycles. The molecule has 0 heterocycles. The summed E-state index contributed by atoms with van der Waals surface area (Å²) < 4.78 is 12.1. The van der Waals surface area contributed by atoms with Crippen LogP contribution in [0, 0.1) is 0 Å². The van der Waals surface area contributed by atoms with Crippen LogP contribution in [0.5, 0.6) is 11.5 Å². The zero-order valence-electron chi connectivity index (χ0n) is 8.84. The number of rotatable bonds is 4. The molecule has 0 fully saturated rings. The van der Waals surface area contributed by atoms with Crippen LogP contribution < -0.4 is 14.8 Å². The highest BCUT2D eigenvalue weighted by atomic mass is 79.9. The van der Waals surface area contributed by atoms with E-state index in [1.165, 1.54) is 0 Å². The van der Waals surface area contributed by atoms with Gasteiger partial charge in [0.25, 0.3) is 5.91 Å². The molecule has 0 bridgehead atoms. The van der Waals surface area contributed by atoms with Crippen LogP contribution in [-0.2, 0) is 4.79 Å². The minimum atomic E-state index is -0.197.